The smallest absolute Gasteiger partial charge is 0.195 e. The monoisotopic (exact) mass is 412 g/mol. The van der Waals surface area contributed by atoms with Gasteiger partial charge in [-0.25, -0.2) is 13.2 Å². The lowest BCUT2D eigenvalue weighted by Gasteiger charge is -2.61. The van der Waals surface area contributed by atoms with E-state index in [2.05, 4.69) is 0 Å². The van der Waals surface area contributed by atoms with Crippen LogP contribution in [0.25, 0.3) is 0 Å². The van der Waals surface area contributed by atoms with E-state index in [1.165, 1.54) is 19.9 Å². The Kier molecular flexibility index (Phi) is 4.31. The minimum absolute atomic E-state index is 0.0357. The number of aliphatic hydroxyl groups is 1. The first-order valence-electron chi connectivity index (χ1n) is 10.3. The fraction of sp³-hybridized carbons (Fsp3) is 0.773. The van der Waals surface area contributed by atoms with Crippen molar-refractivity contribution in [3.05, 3.63) is 11.6 Å². The highest BCUT2D eigenvalue weighted by Gasteiger charge is 2.76. The number of carbonyl (C=O) groups excluding carboxylic acids is 3. The molecule has 1 N–H and O–H groups in total. The van der Waals surface area contributed by atoms with Crippen LogP contribution in [-0.2, 0) is 14.4 Å². The van der Waals surface area contributed by atoms with E-state index in [0.717, 1.165) is 0 Å². The van der Waals surface area contributed by atoms with Crippen LogP contribution in [0.4, 0.5) is 13.2 Å². The predicted molar refractivity (Wildman–Crippen MR) is 98.2 cm³/mol. The van der Waals surface area contributed by atoms with Gasteiger partial charge in [0, 0.05) is 29.1 Å². The van der Waals surface area contributed by atoms with Crippen LogP contribution in [0.2, 0.25) is 0 Å². The van der Waals surface area contributed by atoms with Crippen molar-refractivity contribution in [3.63, 3.8) is 0 Å². The van der Waals surface area contributed by atoms with Crippen molar-refractivity contribution >= 4 is 17.3 Å². The molecule has 0 saturated heterocycles. The van der Waals surface area contributed by atoms with Crippen molar-refractivity contribution in [1.82, 2.24) is 0 Å². The van der Waals surface area contributed by atoms with Gasteiger partial charge in [0.15, 0.2) is 29.7 Å². The van der Waals surface area contributed by atoms with E-state index < -0.39 is 70.7 Å². The zero-order valence-electron chi connectivity index (χ0n) is 16.9. The Hall–Kier alpha value is -1.50. The molecule has 4 nitrogen and oxygen atoms in total. The Labute approximate surface area is 167 Å². The fourth-order valence-corrected chi connectivity index (χ4v) is 7.19. The second kappa shape index (κ2) is 6.02. The van der Waals surface area contributed by atoms with E-state index in [9.17, 15) is 23.9 Å². The Morgan fingerprint density at radius 2 is 1.93 bits per heavy atom. The maximum atomic E-state index is 16.8. The minimum atomic E-state index is -2.38. The van der Waals surface area contributed by atoms with Crippen LogP contribution in [0.3, 0.4) is 0 Å². The first-order valence-corrected chi connectivity index (χ1v) is 10.3. The third-order valence-electron chi connectivity index (χ3n) is 8.83. The normalized spacial score (nSPS) is 51.8. The summed E-state index contributed by atoms with van der Waals surface area (Å²) in [4.78, 5) is 37.7. The van der Waals surface area contributed by atoms with Gasteiger partial charge >= 0.3 is 0 Å². The van der Waals surface area contributed by atoms with E-state index in [-0.39, 0.29) is 37.0 Å². The van der Waals surface area contributed by atoms with E-state index in [1.807, 2.05) is 0 Å². The quantitative estimate of drug-likeness (QED) is 0.756. The van der Waals surface area contributed by atoms with Crippen LogP contribution < -0.4 is 0 Å². The lowest BCUT2D eigenvalue weighted by atomic mass is 9.43. The number of allylic oxidation sites excluding steroid dienone is 1. The topological polar surface area (TPSA) is 71.4 Å². The Morgan fingerprint density at radius 3 is 2.55 bits per heavy atom. The summed E-state index contributed by atoms with van der Waals surface area (Å²) in [6.45, 7) is 3.33. The number of carbonyl (C=O) groups is 3. The molecule has 4 aliphatic carbocycles. The zero-order chi connectivity index (χ0) is 21.6. The Balaban J connectivity index is 1.85. The van der Waals surface area contributed by atoms with Crippen LogP contribution in [0.1, 0.15) is 52.9 Å². The molecule has 0 aliphatic heterocycles. The van der Waals surface area contributed by atoms with Gasteiger partial charge in [0.25, 0.3) is 0 Å². The van der Waals surface area contributed by atoms with Gasteiger partial charge < -0.3 is 5.11 Å². The Bertz CT molecular complexity index is 840. The zero-order valence-corrected chi connectivity index (χ0v) is 16.9. The van der Waals surface area contributed by atoms with Crippen molar-refractivity contribution in [1.29, 1.82) is 0 Å². The van der Waals surface area contributed by atoms with Gasteiger partial charge in [-0.3, -0.25) is 14.4 Å². The maximum Gasteiger partial charge on any atom is 0.195 e. The summed E-state index contributed by atoms with van der Waals surface area (Å²) in [6, 6.07) is 0. The largest absolute Gasteiger partial charge is 0.381 e. The molecule has 3 fully saturated rings. The van der Waals surface area contributed by atoms with Gasteiger partial charge in [-0.15, -0.1) is 0 Å². The van der Waals surface area contributed by atoms with Crippen molar-refractivity contribution in [2.75, 3.05) is 6.67 Å². The molecule has 0 aromatic carbocycles. The summed E-state index contributed by atoms with van der Waals surface area (Å²) < 4.78 is 45.3. The number of ketones is 3. The summed E-state index contributed by atoms with van der Waals surface area (Å²) in [6.07, 6.45) is -0.907. The van der Waals surface area contributed by atoms with E-state index in [0.29, 0.717) is 0 Å². The number of hydrogen-bond donors (Lipinski definition) is 1. The molecule has 0 spiro atoms. The van der Waals surface area contributed by atoms with Crippen molar-refractivity contribution < 1.29 is 32.7 Å². The molecule has 3 saturated carbocycles. The highest BCUT2D eigenvalue weighted by atomic mass is 19.1. The predicted octanol–water partition coefficient (Wildman–Crippen LogP) is 3.25. The van der Waals surface area contributed by atoms with Crippen LogP contribution in [0.5, 0.6) is 0 Å². The minimum Gasteiger partial charge on any atom is -0.381 e. The molecule has 29 heavy (non-hydrogen) atoms. The van der Waals surface area contributed by atoms with Crippen LogP contribution >= 0.6 is 0 Å². The highest BCUT2D eigenvalue weighted by molar-refractivity contribution is 5.98. The molecule has 8 atom stereocenters. The summed E-state index contributed by atoms with van der Waals surface area (Å²) >= 11 is 0. The number of halogens is 3. The molecular weight excluding hydrogens is 385 g/mol. The van der Waals surface area contributed by atoms with Crippen molar-refractivity contribution in [2.45, 2.75) is 70.3 Å². The standard InChI is InChI=1S/C22H27F3O4/c1-11-8-20(3)14(7-16(11)26)15(24)6-13-12-4-5-21(29,18(28)10-23)19(12,2)9-17(27)22(13,20)25/h7,11-13,15,29H,4-6,8-10H2,1-3H3/t11-,12+,13+,15?,19+,20+,21+,22+/m1/s1. The molecule has 0 radical (unpaired) electrons. The summed E-state index contributed by atoms with van der Waals surface area (Å²) in [5, 5.41) is 11.0. The molecule has 1 unspecified atom stereocenters. The van der Waals surface area contributed by atoms with Crippen LogP contribution in [-0.4, -0.2) is 46.6 Å². The lowest BCUT2D eigenvalue weighted by Crippen LogP contribution is -2.69. The molecule has 0 bridgehead atoms. The molecular formula is C22H27F3O4. The van der Waals surface area contributed by atoms with E-state index in [4.69, 9.17) is 0 Å². The first-order chi connectivity index (χ1) is 13.4. The second-order valence-electron chi connectivity index (χ2n) is 10.0. The average molecular weight is 412 g/mol. The van der Waals surface area contributed by atoms with Gasteiger partial charge in [0.2, 0.25) is 0 Å². The fourth-order valence-electron chi connectivity index (χ4n) is 7.19. The number of rotatable bonds is 2. The SMILES string of the molecule is C[C@@H]1C[C@@]2(C)C(=CC1=O)C(F)C[C@H]1[C@@H]3CC[C@](O)(C(=O)CF)[C@@]3(C)CC(=O)[C@@]12F. The van der Waals surface area contributed by atoms with Gasteiger partial charge in [-0.2, -0.15) is 0 Å². The molecule has 0 aromatic rings. The van der Waals surface area contributed by atoms with E-state index in [1.54, 1.807) is 6.92 Å². The molecule has 0 aromatic heterocycles. The van der Waals surface area contributed by atoms with Gasteiger partial charge in [0.05, 0.1) is 0 Å². The van der Waals surface area contributed by atoms with Gasteiger partial charge in [-0.05, 0) is 43.3 Å². The van der Waals surface area contributed by atoms with Crippen molar-refractivity contribution in [2.24, 2.45) is 28.6 Å². The van der Waals surface area contributed by atoms with Crippen LogP contribution in [0, 0.1) is 28.6 Å². The number of fused-ring (bicyclic) bond motifs is 5. The van der Waals surface area contributed by atoms with Crippen molar-refractivity contribution in [3.8, 4) is 0 Å². The average Bonchev–Trinajstić information content (AvgIpc) is 2.91. The number of hydrogen-bond acceptors (Lipinski definition) is 4. The van der Waals surface area contributed by atoms with Gasteiger partial charge in [0.1, 0.15) is 11.8 Å². The summed E-state index contributed by atoms with van der Waals surface area (Å²) in [5.41, 5.74) is -7.18. The molecule has 0 amide bonds. The molecule has 4 aliphatic rings. The second-order valence-corrected chi connectivity index (χ2v) is 10.0. The summed E-state index contributed by atoms with van der Waals surface area (Å²) in [7, 11) is 0. The number of Topliss-reactive ketones (excluding diaryl/α,β-unsaturated/α-hetero) is 2. The third kappa shape index (κ3) is 2.23. The molecule has 4 rings (SSSR count). The molecule has 7 heteroatoms. The summed E-state index contributed by atoms with van der Waals surface area (Å²) in [5.74, 6) is -4.24. The molecule has 160 valence electrons. The van der Waals surface area contributed by atoms with Crippen LogP contribution in [0.15, 0.2) is 11.6 Å². The highest BCUT2D eigenvalue weighted by Crippen LogP contribution is 2.69. The van der Waals surface area contributed by atoms with Gasteiger partial charge in [-0.1, -0.05) is 20.8 Å². The first kappa shape index (κ1) is 20.8. The number of alkyl halides is 3. The van der Waals surface area contributed by atoms with E-state index >= 15 is 8.78 Å². The maximum absolute atomic E-state index is 16.8. The third-order valence-corrected chi connectivity index (χ3v) is 8.83. The molecule has 0 heterocycles. The Morgan fingerprint density at radius 1 is 1.28 bits per heavy atom. The lowest BCUT2D eigenvalue weighted by molar-refractivity contribution is -0.192.